The molecule has 0 unspecified atom stereocenters. The molecule has 2 rings (SSSR count). The zero-order valence-electron chi connectivity index (χ0n) is 8.83. The Labute approximate surface area is 98.7 Å². The molecule has 0 fully saturated rings. The molecule has 4 heteroatoms. The number of rotatable bonds is 3. The van der Waals surface area contributed by atoms with Crippen LogP contribution in [0.4, 0.5) is 5.69 Å². The van der Waals surface area contributed by atoms with E-state index in [-0.39, 0.29) is 0 Å². The number of aromatic hydroxyl groups is 1. The highest BCUT2D eigenvalue weighted by Gasteiger charge is 2.01. The van der Waals surface area contributed by atoms with Crippen molar-refractivity contribution in [2.24, 2.45) is 0 Å². The minimum Gasteiger partial charge on any atom is -0.508 e. The maximum absolute atomic E-state index is 9.37. The molecule has 2 aromatic rings. The Morgan fingerprint density at radius 3 is 2.75 bits per heavy atom. The lowest BCUT2D eigenvalue weighted by molar-refractivity contribution is 0.471. The highest BCUT2D eigenvalue weighted by atomic mass is 35.5. The van der Waals surface area contributed by atoms with Gasteiger partial charge in [-0.1, -0.05) is 0 Å². The van der Waals surface area contributed by atoms with E-state index in [0.29, 0.717) is 17.5 Å². The summed E-state index contributed by atoms with van der Waals surface area (Å²) in [7, 11) is 0. The standard InChI is InChI=1S/C12H12ClNO2/c1-8-6-9(2-4-11(8)15)14-7-10-3-5-12(13)16-10/h2-6,14-15H,7H2,1H3. The van der Waals surface area contributed by atoms with Crippen LogP contribution in [0.3, 0.4) is 0 Å². The number of hydrogen-bond acceptors (Lipinski definition) is 3. The molecule has 0 atom stereocenters. The molecule has 0 aliphatic rings. The second kappa shape index (κ2) is 4.49. The Morgan fingerprint density at radius 1 is 1.31 bits per heavy atom. The highest BCUT2D eigenvalue weighted by molar-refractivity contribution is 6.28. The quantitative estimate of drug-likeness (QED) is 0.803. The predicted octanol–water partition coefficient (Wildman–Crippen LogP) is 3.56. The Bertz CT molecular complexity index is 494. The van der Waals surface area contributed by atoms with Gasteiger partial charge in [-0.25, -0.2) is 0 Å². The summed E-state index contributed by atoms with van der Waals surface area (Å²) in [6.45, 7) is 2.42. The Morgan fingerprint density at radius 2 is 2.12 bits per heavy atom. The fourth-order valence-corrected chi connectivity index (χ4v) is 1.56. The van der Waals surface area contributed by atoms with Crippen LogP contribution in [0.15, 0.2) is 34.7 Å². The summed E-state index contributed by atoms with van der Waals surface area (Å²) in [6, 6.07) is 8.88. The minimum absolute atomic E-state index is 0.298. The van der Waals surface area contributed by atoms with Gasteiger partial charge >= 0.3 is 0 Å². The monoisotopic (exact) mass is 237 g/mol. The number of hydrogen-bond donors (Lipinski definition) is 2. The number of anilines is 1. The number of nitrogens with one attached hydrogen (secondary N) is 1. The van der Waals surface area contributed by atoms with Crippen molar-refractivity contribution in [3.05, 3.63) is 46.9 Å². The third-order valence-corrected chi connectivity index (χ3v) is 2.50. The average molecular weight is 238 g/mol. The number of furan rings is 1. The van der Waals surface area contributed by atoms with Gasteiger partial charge in [0.05, 0.1) is 6.54 Å². The minimum atomic E-state index is 0.298. The fourth-order valence-electron chi connectivity index (χ4n) is 1.40. The maximum atomic E-state index is 9.37. The molecule has 16 heavy (non-hydrogen) atoms. The molecule has 2 N–H and O–H groups in total. The molecule has 1 aromatic heterocycles. The molecule has 0 saturated carbocycles. The first-order valence-electron chi connectivity index (χ1n) is 4.93. The van der Waals surface area contributed by atoms with E-state index >= 15 is 0 Å². The third kappa shape index (κ3) is 2.49. The molecule has 0 spiro atoms. The summed E-state index contributed by atoms with van der Waals surface area (Å²) in [6.07, 6.45) is 0. The van der Waals surface area contributed by atoms with Gasteiger partial charge in [-0.05, 0) is 54.4 Å². The molecule has 1 aromatic carbocycles. The van der Waals surface area contributed by atoms with E-state index in [1.54, 1.807) is 12.1 Å². The van der Waals surface area contributed by atoms with Gasteiger partial charge in [-0.2, -0.15) is 0 Å². The van der Waals surface area contributed by atoms with Crippen molar-refractivity contribution in [2.75, 3.05) is 5.32 Å². The van der Waals surface area contributed by atoms with Crippen LogP contribution in [0, 0.1) is 6.92 Å². The molecule has 0 bridgehead atoms. The Balaban J connectivity index is 2.02. The summed E-state index contributed by atoms with van der Waals surface area (Å²) in [5.74, 6) is 1.07. The molecule has 0 aliphatic carbocycles. The number of benzene rings is 1. The van der Waals surface area contributed by atoms with E-state index in [1.165, 1.54) is 0 Å². The van der Waals surface area contributed by atoms with Gasteiger partial charge in [-0.3, -0.25) is 0 Å². The van der Waals surface area contributed by atoms with Crippen molar-refractivity contribution in [1.29, 1.82) is 0 Å². The molecular formula is C12H12ClNO2. The molecule has 1 heterocycles. The molecule has 0 radical (unpaired) electrons. The SMILES string of the molecule is Cc1cc(NCc2ccc(Cl)o2)ccc1O. The van der Waals surface area contributed by atoms with E-state index in [0.717, 1.165) is 17.0 Å². The zero-order chi connectivity index (χ0) is 11.5. The normalized spacial score (nSPS) is 10.4. The highest BCUT2D eigenvalue weighted by Crippen LogP contribution is 2.21. The molecule has 84 valence electrons. The number of phenolic OH excluding ortho intramolecular Hbond substituents is 1. The molecular weight excluding hydrogens is 226 g/mol. The van der Waals surface area contributed by atoms with Crippen LogP contribution in [-0.2, 0) is 6.54 Å². The molecule has 0 aliphatic heterocycles. The van der Waals surface area contributed by atoms with Crippen LogP contribution in [-0.4, -0.2) is 5.11 Å². The maximum Gasteiger partial charge on any atom is 0.193 e. The van der Waals surface area contributed by atoms with E-state index in [2.05, 4.69) is 5.32 Å². The zero-order valence-corrected chi connectivity index (χ0v) is 9.58. The van der Waals surface area contributed by atoms with Gasteiger partial charge < -0.3 is 14.8 Å². The summed E-state index contributed by atoms with van der Waals surface area (Å²) in [5, 5.41) is 12.9. The number of aryl methyl sites for hydroxylation is 1. The van der Waals surface area contributed by atoms with Crippen LogP contribution in [0.2, 0.25) is 5.22 Å². The summed E-state index contributed by atoms with van der Waals surface area (Å²) < 4.78 is 5.21. The third-order valence-electron chi connectivity index (χ3n) is 2.29. The van der Waals surface area contributed by atoms with E-state index in [4.69, 9.17) is 16.0 Å². The van der Waals surface area contributed by atoms with Crippen LogP contribution in [0.5, 0.6) is 5.75 Å². The predicted molar refractivity (Wildman–Crippen MR) is 63.9 cm³/mol. The van der Waals surface area contributed by atoms with Crippen molar-refractivity contribution in [1.82, 2.24) is 0 Å². The first kappa shape index (κ1) is 10.9. The second-order valence-corrected chi connectivity index (χ2v) is 3.93. The fraction of sp³-hybridized carbons (Fsp3) is 0.167. The summed E-state index contributed by atoms with van der Waals surface area (Å²) in [5.41, 5.74) is 1.77. The van der Waals surface area contributed by atoms with Crippen molar-refractivity contribution >= 4 is 17.3 Å². The molecule has 3 nitrogen and oxygen atoms in total. The molecule has 0 amide bonds. The second-order valence-electron chi connectivity index (χ2n) is 3.56. The van der Waals surface area contributed by atoms with Crippen LogP contribution >= 0.6 is 11.6 Å². The number of halogens is 1. The van der Waals surface area contributed by atoms with E-state index in [1.807, 2.05) is 25.1 Å². The van der Waals surface area contributed by atoms with Gasteiger partial charge in [0, 0.05) is 5.69 Å². The van der Waals surface area contributed by atoms with Crippen molar-refractivity contribution in [3.8, 4) is 5.75 Å². The van der Waals surface area contributed by atoms with Gasteiger partial charge in [0.1, 0.15) is 11.5 Å². The van der Waals surface area contributed by atoms with Gasteiger partial charge in [0.15, 0.2) is 5.22 Å². The lowest BCUT2D eigenvalue weighted by atomic mass is 10.2. The van der Waals surface area contributed by atoms with E-state index in [9.17, 15) is 5.11 Å². The van der Waals surface area contributed by atoms with Crippen LogP contribution in [0.1, 0.15) is 11.3 Å². The summed E-state index contributed by atoms with van der Waals surface area (Å²) >= 11 is 5.66. The lowest BCUT2D eigenvalue weighted by Gasteiger charge is -2.06. The Kier molecular flexibility index (Phi) is 3.06. The first-order chi connectivity index (χ1) is 7.65. The largest absolute Gasteiger partial charge is 0.508 e. The van der Waals surface area contributed by atoms with Crippen molar-refractivity contribution < 1.29 is 9.52 Å². The smallest absolute Gasteiger partial charge is 0.193 e. The topological polar surface area (TPSA) is 45.4 Å². The average Bonchev–Trinajstić information content (AvgIpc) is 2.66. The van der Waals surface area contributed by atoms with E-state index < -0.39 is 0 Å². The van der Waals surface area contributed by atoms with Crippen molar-refractivity contribution in [3.63, 3.8) is 0 Å². The lowest BCUT2D eigenvalue weighted by Crippen LogP contribution is -1.97. The molecule has 0 saturated heterocycles. The van der Waals surface area contributed by atoms with Crippen molar-refractivity contribution in [2.45, 2.75) is 13.5 Å². The van der Waals surface area contributed by atoms with Crippen LogP contribution in [0.25, 0.3) is 0 Å². The summed E-state index contributed by atoms with van der Waals surface area (Å²) in [4.78, 5) is 0. The van der Waals surface area contributed by atoms with Gasteiger partial charge in [0.25, 0.3) is 0 Å². The number of phenols is 1. The Hall–Kier alpha value is -1.61. The first-order valence-corrected chi connectivity index (χ1v) is 5.30. The van der Waals surface area contributed by atoms with Gasteiger partial charge in [-0.15, -0.1) is 0 Å². The van der Waals surface area contributed by atoms with Gasteiger partial charge in [0.2, 0.25) is 0 Å². The van der Waals surface area contributed by atoms with Crippen LogP contribution < -0.4 is 5.32 Å².